The van der Waals surface area contributed by atoms with E-state index in [-0.39, 0.29) is 6.42 Å². The molecule has 0 amide bonds. The average Bonchev–Trinajstić information content (AvgIpc) is 2.23. The topological polar surface area (TPSA) is 92.2 Å². The van der Waals surface area contributed by atoms with Crippen molar-refractivity contribution >= 4 is 5.78 Å². The van der Waals surface area contributed by atoms with Gasteiger partial charge in [0.2, 0.25) is 5.82 Å². The molecule has 1 unspecified atom stereocenters. The second-order valence-corrected chi connectivity index (χ2v) is 3.23. The van der Waals surface area contributed by atoms with E-state index in [9.17, 15) is 23.9 Å². The van der Waals surface area contributed by atoms with Crippen LogP contribution in [0.15, 0.2) is 15.8 Å². The van der Waals surface area contributed by atoms with Gasteiger partial charge in [-0.2, -0.15) is 4.39 Å². The number of rotatable bonds is 4. The van der Waals surface area contributed by atoms with E-state index in [2.05, 4.69) is 0 Å². The Morgan fingerprint density at radius 2 is 2.25 bits per heavy atom. The maximum absolute atomic E-state index is 12.8. The zero-order chi connectivity index (χ0) is 12.3. The fraction of sp³-hybridized carbons (Fsp3) is 0.444. The third-order valence-electron chi connectivity index (χ3n) is 1.97. The van der Waals surface area contributed by atoms with Crippen LogP contribution in [0.5, 0.6) is 0 Å². The molecule has 6 nitrogen and oxygen atoms in total. The maximum Gasteiger partial charge on any atom is 0.330 e. The molecule has 7 heteroatoms. The smallest absolute Gasteiger partial charge is 0.330 e. The number of hydrogen-bond donors (Lipinski definition) is 2. The van der Waals surface area contributed by atoms with Crippen LogP contribution in [0.1, 0.15) is 26.0 Å². The van der Waals surface area contributed by atoms with E-state index in [4.69, 9.17) is 0 Å². The first-order chi connectivity index (χ1) is 7.47. The van der Waals surface area contributed by atoms with Gasteiger partial charge in [-0.05, 0) is 6.42 Å². The molecule has 1 heterocycles. The Morgan fingerprint density at radius 1 is 1.62 bits per heavy atom. The van der Waals surface area contributed by atoms with Crippen LogP contribution in [-0.4, -0.2) is 20.4 Å². The van der Waals surface area contributed by atoms with Crippen LogP contribution in [-0.2, 0) is 4.79 Å². The second kappa shape index (κ2) is 4.84. The molecule has 0 aromatic carbocycles. The molecule has 0 fully saturated rings. The van der Waals surface area contributed by atoms with E-state index in [1.165, 1.54) is 0 Å². The lowest BCUT2D eigenvalue weighted by atomic mass is 10.2. The SMILES string of the molecule is CCCC(=O)C(O)n1cc(F)c(=O)[nH]c1=O. The number of aromatic amines is 1. The van der Waals surface area contributed by atoms with Crippen molar-refractivity contribution in [2.75, 3.05) is 0 Å². The normalized spacial score (nSPS) is 12.4. The highest BCUT2D eigenvalue weighted by atomic mass is 19.1. The van der Waals surface area contributed by atoms with Gasteiger partial charge in [0.1, 0.15) is 0 Å². The Labute approximate surface area is 89.3 Å². The summed E-state index contributed by atoms with van der Waals surface area (Å²) in [5, 5.41) is 9.44. The molecule has 0 saturated carbocycles. The van der Waals surface area contributed by atoms with E-state index in [0.29, 0.717) is 17.2 Å². The van der Waals surface area contributed by atoms with Gasteiger partial charge in [-0.15, -0.1) is 0 Å². The molecule has 0 spiro atoms. The molecule has 1 atom stereocenters. The number of carbonyl (C=O) groups is 1. The van der Waals surface area contributed by atoms with Crippen molar-refractivity contribution in [2.24, 2.45) is 0 Å². The number of aromatic nitrogens is 2. The van der Waals surface area contributed by atoms with Crippen molar-refractivity contribution < 1.29 is 14.3 Å². The lowest BCUT2D eigenvalue weighted by Gasteiger charge is -2.11. The van der Waals surface area contributed by atoms with Crippen molar-refractivity contribution in [3.05, 3.63) is 32.9 Å². The Balaban J connectivity index is 3.14. The highest BCUT2D eigenvalue weighted by Crippen LogP contribution is 2.04. The number of halogens is 1. The minimum atomic E-state index is -1.76. The minimum Gasteiger partial charge on any atom is -0.366 e. The quantitative estimate of drug-likeness (QED) is 0.731. The van der Waals surface area contributed by atoms with Crippen LogP contribution in [0.2, 0.25) is 0 Å². The van der Waals surface area contributed by atoms with Gasteiger partial charge in [0.15, 0.2) is 12.0 Å². The fourth-order valence-electron chi connectivity index (χ4n) is 1.17. The molecule has 88 valence electrons. The Bertz CT molecular complexity index is 505. The van der Waals surface area contributed by atoms with E-state index in [0.717, 1.165) is 0 Å². The van der Waals surface area contributed by atoms with Crippen molar-refractivity contribution in [1.82, 2.24) is 9.55 Å². The third-order valence-corrected chi connectivity index (χ3v) is 1.97. The van der Waals surface area contributed by atoms with E-state index in [1.807, 2.05) is 0 Å². The largest absolute Gasteiger partial charge is 0.366 e. The fourth-order valence-corrected chi connectivity index (χ4v) is 1.17. The van der Waals surface area contributed by atoms with Crippen molar-refractivity contribution in [1.29, 1.82) is 0 Å². The predicted octanol–water partition coefficient (Wildman–Crippen LogP) is -0.464. The standard InChI is InChI=1S/C9H11FN2O4/c1-2-3-6(13)8(15)12-4-5(10)7(14)11-9(12)16/h4,8,15H,2-3H2,1H3,(H,11,14,16). The summed E-state index contributed by atoms with van der Waals surface area (Å²) in [5.74, 6) is -1.85. The first-order valence-electron chi connectivity index (χ1n) is 4.69. The molecule has 0 aliphatic carbocycles. The molecule has 1 rings (SSSR count). The van der Waals surface area contributed by atoms with Gasteiger partial charge in [0.25, 0.3) is 5.56 Å². The van der Waals surface area contributed by atoms with E-state index >= 15 is 0 Å². The van der Waals surface area contributed by atoms with E-state index in [1.54, 1.807) is 11.9 Å². The zero-order valence-corrected chi connectivity index (χ0v) is 8.57. The molecule has 16 heavy (non-hydrogen) atoms. The second-order valence-electron chi connectivity index (χ2n) is 3.23. The molecule has 0 saturated heterocycles. The van der Waals surface area contributed by atoms with Crippen LogP contribution in [0, 0.1) is 5.82 Å². The third kappa shape index (κ3) is 2.43. The highest BCUT2D eigenvalue weighted by Gasteiger charge is 2.18. The van der Waals surface area contributed by atoms with Crippen LogP contribution < -0.4 is 11.2 Å². The molecule has 0 aliphatic heterocycles. The van der Waals surface area contributed by atoms with E-state index < -0.39 is 29.1 Å². The lowest BCUT2D eigenvalue weighted by molar-refractivity contribution is -0.131. The molecule has 0 radical (unpaired) electrons. The predicted molar refractivity (Wildman–Crippen MR) is 52.5 cm³/mol. The van der Waals surface area contributed by atoms with Gasteiger partial charge in [-0.25, -0.2) is 4.79 Å². The summed E-state index contributed by atoms with van der Waals surface area (Å²) < 4.78 is 13.3. The Morgan fingerprint density at radius 3 is 2.81 bits per heavy atom. The number of Topliss-reactive ketones (excluding diaryl/α,β-unsaturated/α-hetero) is 1. The Hall–Kier alpha value is -1.76. The summed E-state index contributed by atoms with van der Waals surface area (Å²) in [6, 6.07) is 0. The summed E-state index contributed by atoms with van der Waals surface area (Å²) in [4.78, 5) is 34.8. The summed E-state index contributed by atoms with van der Waals surface area (Å²) >= 11 is 0. The van der Waals surface area contributed by atoms with Crippen molar-refractivity contribution in [2.45, 2.75) is 26.0 Å². The minimum absolute atomic E-state index is 0.0638. The number of nitrogens with zero attached hydrogens (tertiary/aromatic N) is 1. The summed E-state index contributed by atoms with van der Waals surface area (Å²) in [5.41, 5.74) is -2.21. The average molecular weight is 230 g/mol. The van der Waals surface area contributed by atoms with Gasteiger partial charge >= 0.3 is 5.69 Å². The molecule has 0 bridgehead atoms. The number of hydrogen-bond acceptors (Lipinski definition) is 4. The summed E-state index contributed by atoms with van der Waals surface area (Å²) in [7, 11) is 0. The first kappa shape index (κ1) is 12.3. The summed E-state index contributed by atoms with van der Waals surface area (Å²) in [6.45, 7) is 1.72. The number of H-pyrrole nitrogens is 1. The maximum atomic E-state index is 12.8. The summed E-state index contributed by atoms with van der Waals surface area (Å²) in [6.07, 6.45) is -0.691. The zero-order valence-electron chi connectivity index (χ0n) is 8.57. The van der Waals surface area contributed by atoms with Crippen LogP contribution in [0.3, 0.4) is 0 Å². The van der Waals surface area contributed by atoms with Gasteiger partial charge in [0, 0.05) is 6.42 Å². The molecule has 0 aliphatic rings. The number of aliphatic hydroxyl groups is 1. The van der Waals surface area contributed by atoms with Gasteiger partial charge in [0.05, 0.1) is 6.20 Å². The number of carbonyl (C=O) groups excluding carboxylic acids is 1. The van der Waals surface area contributed by atoms with Gasteiger partial charge < -0.3 is 5.11 Å². The number of nitrogens with one attached hydrogen (secondary N) is 1. The number of ketones is 1. The highest BCUT2D eigenvalue weighted by molar-refractivity contribution is 5.80. The van der Waals surface area contributed by atoms with Gasteiger partial charge in [-0.1, -0.05) is 6.92 Å². The van der Waals surface area contributed by atoms with Crippen LogP contribution >= 0.6 is 0 Å². The van der Waals surface area contributed by atoms with Crippen LogP contribution in [0.4, 0.5) is 4.39 Å². The molecule has 2 N–H and O–H groups in total. The molecule has 1 aromatic rings. The first-order valence-corrected chi connectivity index (χ1v) is 4.69. The number of aliphatic hydroxyl groups excluding tert-OH is 1. The van der Waals surface area contributed by atoms with Crippen LogP contribution in [0.25, 0.3) is 0 Å². The van der Waals surface area contributed by atoms with Crippen molar-refractivity contribution in [3.63, 3.8) is 0 Å². The van der Waals surface area contributed by atoms with Crippen molar-refractivity contribution in [3.8, 4) is 0 Å². The lowest BCUT2D eigenvalue weighted by Crippen LogP contribution is -2.36. The monoisotopic (exact) mass is 230 g/mol. The molecular weight excluding hydrogens is 219 g/mol. The van der Waals surface area contributed by atoms with Gasteiger partial charge in [-0.3, -0.25) is 19.1 Å². The Kier molecular flexibility index (Phi) is 3.73. The molecular formula is C9H11FN2O4. The molecule has 1 aromatic heterocycles.